The van der Waals surface area contributed by atoms with Gasteiger partial charge in [0.15, 0.2) is 5.16 Å². The summed E-state index contributed by atoms with van der Waals surface area (Å²) in [5.74, 6) is 2.33. The molecule has 0 aliphatic heterocycles. The highest BCUT2D eigenvalue weighted by Crippen LogP contribution is 2.31. The number of aromatic nitrogens is 3. The number of hydrogen-bond acceptors (Lipinski definition) is 4. The van der Waals surface area contributed by atoms with Crippen LogP contribution in [-0.2, 0) is 11.5 Å². The number of rotatable bonds is 7. The minimum absolute atomic E-state index is 0.636. The number of benzene rings is 3. The molecule has 1 aromatic heterocycles. The van der Waals surface area contributed by atoms with Gasteiger partial charge in [-0.3, -0.25) is 4.57 Å². The molecule has 0 aliphatic carbocycles. The Bertz CT molecular complexity index is 1090. The van der Waals surface area contributed by atoms with E-state index >= 15 is 0 Å². The molecule has 3 nitrogen and oxygen atoms in total. The van der Waals surface area contributed by atoms with Crippen LogP contribution in [0.2, 0.25) is 10.0 Å². The molecule has 4 rings (SSSR count). The lowest BCUT2D eigenvalue weighted by atomic mass is 10.2. The molecular formula is C22H17Cl2N3S2. The van der Waals surface area contributed by atoms with Gasteiger partial charge in [-0.1, -0.05) is 77.4 Å². The van der Waals surface area contributed by atoms with Gasteiger partial charge in [-0.2, -0.15) is 0 Å². The average molecular weight is 458 g/mol. The van der Waals surface area contributed by atoms with Crippen molar-refractivity contribution in [1.82, 2.24) is 14.8 Å². The Hall–Kier alpha value is -1.92. The quantitative estimate of drug-likeness (QED) is 0.275. The van der Waals surface area contributed by atoms with Crippen molar-refractivity contribution in [3.05, 3.63) is 100 Å². The van der Waals surface area contributed by atoms with Crippen molar-refractivity contribution < 1.29 is 0 Å². The van der Waals surface area contributed by atoms with Gasteiger partial charge in [0.2, 0.25) is 0 Å². The summed E-state index contributed by atoms with van der Waals surface area (Å²) < 4.78 is 2.12. The van der Waals surface area contributed by atoms with Crippen molar-refractivity contribution in [2.75, 3.05) is 0 Å². The SMILES string of the molecule is Clc1ccc(CSc2nnc(CSc3ccccc3)n2-c2ccccc2)c(Cl)c1. The van der Waals surface area contributed by atoms with Crippen LogP contribution >= 0.6 is 46.7 Å². The minimum Gasteiger partial charge on any atom is -0.273 e. The molecule has 146 valence electrons. The zero-order valence-corrected chi connectivity index (χ0v) is 18.5. The molecule has 0 bridgehead atoms. The van der Waals surface area contributed by atoms with Gasteiger partial charge in [-0.15, -0.1) is 22.0 Å². The lowest BCUT2D eigenvalue weighted by Gasteiger charge is -2.10. The first-order chi connectivity index (χ1) is 14.2. The molecule has 0 amide bonds. The molecular weight excluding hydrogens is 441 g/mol. The van der Waals surface area contributed by atoms with E-state index in [0.29, 0.717) is 15.8 Å². The van der Waals surface area contributed by atoms with Crippen molar-refractivity contribution in [2.45, 2.75) is 21.6 Å². The summed E-state index contributed by atoms with van der Waals surface area (Å²) in [6.07, 6.45) is 0. The summed E-state index contributed by atoms with van der Waals surface area (Å²) in [4.78, 5) is 1.21. The molecule has 1 heterocycles. The van der Waals surface area contributed by atoms with E-state index in [9.17, 15) is 0 Å². The molecule has 0 spiro atoms. The van der Waals surface area contributed by atoms with Crippen molar-refractivity contribution in [3.63, 3.8) is 0 Å². The number of thioether (sulfide) groups is 2. The van der Waals surface area contributed by atoms with Crippen molar-refractivity contribution in [2.24, 2.45) is 0 Å². The van der Waals surface area contributed by atoms with E-state index in [-0.39, 0.29) is 0 Å². The highest BCUT2D eigenvalue weighted by molar-refractivity contribution is 7.98. The Kier molecular flexibility index (Phi) is 6.82. The third-order valence-electron chi connectivity index (χ3n) is 4.20. The van der Waals surface area contributed by atoms with Crippen LogP contribution in [0, 0.1) is 0 Å². The van der Waals surface area contributed by atoms with Crippen LogP contribution in [0.4, 0.5) is 0 Å². The molecule has 29 heavy (non-hydrogen) atoms. The molecule has 0 aliphatic rings. The number of hydrogen-bond donors (Lipinski definition) is 0. The summed E-state index contributed by atoms with van der Waals surface area (Å²) in [7, 11) is 0. The second kappa shape index (κ2) is 9.72. The van der Waals surface area contributed by atoms with Gasteiger partial charge in [0.05, 0.1) is 5.75 Å². The van der Waals surface area contributed by atoms with Gasteiger partial charge in [-0.25, -0.2) is 0 Å². The first-order valence-electron chi connectivity index (χ1n) is 8.95. The minimum atomic E-state index is 0.636. The maximum absolute atomic E-state index is 6.33. The van der Waals surface area contributed by atoms with Crippen molar-refractivity contribution in [1.29, 1.82) is 0 Å². The molecule has 0 radical (unpaired) electrons. The summed E-state index contributed by atoms with van der Waals surface area (Å²) >= 11 is 15.7. The number of halogens is 2. The molecule has 3 aromatic carbocycles. The van der Waals surface area contributed by atoms with Crippen LogP contribution in [0.25, 0.3) is 5.69 Å². The second-order valence-corrected chi connectivity index (χ2v) is 9.03. The normalized spacial score (nSPS) is 11.0. The van der Waals surface area contributed by atoms with Gasteiger partial charge >= 0.3 is 0 Å². The van der Waals surface area contributed by atoms with Gasteiger partial charge in [-0.05, 0) is 42.0 Å². The van der Waals surface area contributed by atoms with E-state index in [2.05, 4.69) is 39.0 Å². The van der Waals surface area contributed by atoms with Crippen LogP contribution in [0.15, 0.2) is 88.9 Å². The van der Waals surface area contributed by atoms with Crippen LogP contribution in [-0.4, -0.2) is 14.8 Å². The Balaban J connectivity index is 1.59. The lowest BCUT2D eigenvalue weighted by molar-refractivity contribution is 0.864. The van der Waals surface area contributed by atoms with Crippen LogP contribution in [0.1, 0.15) is 11.4 Å². The Morgan fingerprint density at radius 2 is 1.48 bits per heavy atom. The highest BCUT2D eigenvalue weighted by Gasteiger charge is 2.15. The lowest BCUT2D eigenvalue weighted by Crippen LogP contribution is -2.02. The summed E-state index contributed by atoms with van der Waals surface area (Å²) in [6, 6.07) is 26.1. The number of nitrogens with zero attached hydrogens (tertiary/aromatic N) is 3. The smallest absolute Gasteiger partial charge is 0.196 e. The van der Waals surface area contributed by atoms with E-state index in [4.69, 9.17) is 23.2 Å². The van der Waals surface area contributed by atoms with E-state index in [1.807, 2.05) is 48.5 Å². The molecule has 0 atom stereocenters. The molecule has 0 fully saturated rings. The zero-order valence-electron chi connectivity index (χ0n) is 15.3. The van der Waals surface area contributed by atoms with Crippen molar-refractivity contribution in [3.8, 4) is 5.69 Å². The maximum atomic E-state index is 6.33. The Morgan fingerprint density at radius 3 is 2.21 bits per heavy atom. The molecule has 0 saturated carbocycles. The van der Waals surface area contributed by atoms with Crippen LogP contribution in [0.5, 0.6) is 0 Å². The molecule has 0 saturated heterocycles. The summed E-state index contributed by atoms with van der Waals surface area (Å²) in [5.41, 5.74) is 2.06. The monoisotopic (exact) mass is 457 g/mol. The first kappa shape index (κ1) is 20.4. The van der Waals surface area contributed by atoms with Crippen LogP contribution in [0.3, 0.4) is 0 Å². The standard InChI is InChI=1S/C22H17Cl2N3S2/c23-17-12-11-16(20(24)13-17)14-29-22-26-25-21(15-28-19-9-5-2-6-10-19)27(22)18-7-3-1-4-8-18/h1-13H,14-15H2. The molecule has 0 N–H and O–H groups in total. The predicted molar refractivity (Wildman–Crippen MR) is 123 cm³/mol. The van der Waals surface area contributed by atoms with E-state index in [0.717, 1.165) is 28.0 Å². The molecule has 0 unspecified atom stereocenters. The molecule has 7 heteroatoms. The zero-order chi connectivity index (χ0) is 20.1. The average Bonchev–Trinajstić information content (AvgIpc) is 3.16. The Labute approximate surface area is 188 Å². The summed E-state index contributed by atoms with van der Waals surface area (Å²) in [6.45, 7) is 0. The first-order valence-corrected chi connectivity index (χ1v) is 11.7. The fourth-order valence-electron chi connectivity index (χ4n) is 2.77. The fourth-order valence-corrected chi connectivity index (χ4v) is 5.13. The van der Waals surface area contributed by atoms with E-state index < -0.39 is 0 Å². The topological polar surface area (TPSA) is 30.7 Å². The van der Waals surface area contributed by atoms with Crippen molar-refractivity contribution >= 4 is 46.7 Å². The summed E-state index contributed by atoms with van der Waals surface area (Å²) in [5, 5.41) is 11.1. The Morgan fingerprint density at radius 1 is 0.759 bits per heavy atom. The second-order valence-electron chi connectivity index (χ2n) is 6.20. The van der Waals surface area contributed by atoms with Gasteiger partial charge < -0.3 is 0 Å². The van der Waals surface area contributed by atoms with Gasteiger partial charge in [0, 0.05) is 26.4 Å². The maximum Gasteiger partial charge on any atom is 0.196 e. The number of para-hydroxylation sites is 1. The van der Waals surface area contributed by atoms with Gasteiger partial charge in [0.1, 0.15) is 5.82 Å². The fraction of sp³-hybridized carbons (Fsp3) is 0.0909. The van der Waals surface area contributed by atoms with Gasteiger partial charge in [0.25, 0.3) is 0 Å². The van der Waals surface area contributed by atoms with Crippen LogP contribution < -0.4 is 0 Å². The predicted octanol–water partition coefficient (Wildman–Crippen LogP) is 7.16. The third-order valence-corrected chi connectivity index (χ3v) is 6.77. The van der Waals surface area contributed by atoms with E-state index in [1.54, 1.807) is 29.6 Å². The van der Waals surface area contributed by atoms with E-state index in [1.165, 1.54) is 4.90 Å². The highest BCUT2D eigenvalue weighted by atomic mass is 35.5. The largest absolute Gasteiger partial charge is 0.273 e. The molecule has 4 aromatic rings. The third kappa shape index (κ3) is 5.17.